The van der Waals surface area contributed by atoms with Crippen LogP contribution in [-0.4, -0.2) is 127 Å². The molecule has 0 radical (unpaired) electrons. The van der Waals surface area contributed by atoms with Gasteiger partial charge in [-0.15, -0.1) is 0 Å². The largest absolute Gasteiger partial charge is 0.480 e. The van der Waals surface area contributed by atoms with Crippen molar-refractivity contribution in [3.63, 3.8) is 0 Å². The zero-order valence-electron chi connectivity index (χ0n) is 23.7. The normalized spacial score (nSPS) is 35.4. The van der Waals surface area contributed by atoms with Gasteiger partial charge in [0.1, 0.15) is 0 Å². The molecule has 40 heavy (non-hydrogen) atoms. The van der Waals surface area contributed by atoms with E-state index in [2.05, 4.69) is 6.92 Å². The summed E-state index contributed by atoms with van der Waals surface area (Å²) in [5, 5.41) is 29.8. The lowest BCUT2D eigenvalue weighted by molar-refractivity contribution is -0.148. The molecule has 0 aromatic rings. The van der Waals surface area contributed by atoms with Gasteiger partial charge in [0.2, 0.25) is 11.8 Å². The highest BCUT2D eigenvalue weighted by Gasteiger charge is 2.46. The summed E-state index contributed by atoms with van der Waals surface area (Å²) in [6, 6.07) is -0.267. The summed E-state index contributed by atoms with van der Waals surface area (Å²) >= 11 is 0. The molecule has 5 fully saturated rings. The SMILES string of the molecule is CC1C[C@H]2CC[C@@H](C1)N2C(=O)CN(CC(=O)O)C1CCCCC1N(CC(=O)O)CC(=O)N1[C@@H]2CC[C@H]1CC(O)C2. The van der Waals surface area contributed by atoms with E-state index in [1.807, 2.05) is 9.80 Å². The Balaban J connectivity index is 1.33. The first kappa shape index (κ1) is 29.3. The van der Waals surface area contributed by atoms with E-state index in [0.29, 0.717) is 31.6 Å². The van der Waals surface area contributed by atoms with Crippen LogP contribution in [0, 0.1) is 5.92 Å². The number of aliphatic hydroxyl groups is 1. The molecular weight excluding hydrogens is 516 g/mol. The van der Waals surface area contributed by atoms with Gasteiger partial charge in [-0.05, 0) is 70.1 Å². The van der Waals surface area contributed by atoms with Crippen LogP contribution in [0.5, 0.6) is 0 Å². The Morgan fingerprint density at radius 2 is 1.00 bits per heavy atom. The average Bonchev–Trinajstić information content (AvgIpc) is 3.32. The molecule has 11 nitrogen and oxygen atoms in total. The fourth-order valence-corrected chi connectivity index (χ4v) is 8.79. The van der Waals surface area contributed by atoms with E-state index < -0.39 is 18.0 Å². The predicted octanol–water partition coefficient (Wildman–Crippen LogP) is 1.37. The average molecular weight is 563 g/mol. The lowest BCUT2D eigenvalue weighted by Gasteiger charge is -2.46. The number of carbonyl (C=O) groups excluding carboxylic acids is 2. The Labute approximate surface area is 236 Å². The first-order chi connectivity index (χ1) is 19.1. The van der Waals surface area contributed by atoms with Crippen LogP contribution in [0.4, 0.5) is 0 Å². The second-order valence-corrected chi connectivity index (χ2v) is 13.1. The Bertz CT molecular complexity index is 874. The number of carbonyl (C=O) groups is 4. The third-order valence-electron chi connectivity index (χ3n) is 10.2. The van der Waals surface area contributed by atoms with E-state index in [1.165, 1.54) is 0 Å². The number of aliphatic hydroxyl groups excluding tert-OH is 1. The lowest BCUT2D eigenvalue weighted by atomic mass is 9.87. The maximum atomic E-state index is 13.6. The summed E-state index contributed by atoms with van der Waals surface area (Å²) in [7, 11) is 0. The quantitative estimate of drug-likeness (QED) is 0.360. The molecule has 1 aliphatic carbocycles. The second kappa shape index (κ2) is 12.3. The zero-order valence-corrected chi connectivity index (χ0v) is 23.7. The van der Waals surface area contributed by atoms with E-state index in [9.17, 15) is 34.5 Å². The molecular formula is C29H46N4O7. The van der Waals surface area contributed by atoms with Gasteiger partial charge in [-0.3, -0.25) is 29.0 Å². The minimum absolute atomic E-state index is 0.00212. The van der Waals surface area contributed by atoms with Crippen LogP contribution < -0.4 is 0 Å². The minimum Gasteiger partial charge on any atom is -0.480 e. The fraction of sp³-hybridized carbons (Fsp3) is 0.862. The van der Waals surface area contributed by atoms with Crippen LogP contribution in [0.3, 0.4) is 0 Å². The number of rotatable bonds is 10. The highest BCUT2D eigenvalue weighted by molar-refractivity contribution is 5.81. The standard InChI is InChI=1S/C29H46N4O7/c1-18-10-19-6-7-20(11-18)32(19)26(35)14-30(16-28(37)38)24-4-2-3-5-25(24)31(17-29(39)40)15-27(36)33-21-8-9-22(33)13-23(34)12-21/h18-25,34H,2-17H2,1H3,(H,37,38)(H,39,40)/t18?,19-,20+,21-,22+,23?,24?,25?. The number of hydrogen-bond acceptors (Lipinski definition) is 7. The molecule has 2 amide bonds. The van der Waals surface area contributed by atoms with E-state index >= 15 is 0 Å². The van der Waals surface area contributed by atoms with Gasteiger partial charge >= 0.3 is 11.9 Å². The summed E-state index contributed by atoms with van der Waals surface area (Å²) in [5.74, 6) is -1.62. The topological polar surface area (TPSA) is 142 Å². The maximum absolute atomic E-state index is 13.6. The van der Waals surface area contributed by atoms with E-state index in [4.69, 9.17) is 0 Å². The number of aliphatic carboxylic acids is 2. The molecule has 224 valence electrons. The smallest absolute Gasteiger partial charge is 0.317 e. The minimum atomic E-state index is -1.03. The highest BCUT2D eigenvalue weighted by atomic mass is 16.4. The Hall–Kier alpha value is -2.24. The van der Waals surface area contributed by atoms with Crippen molar-refractivity contribution < 1.29 is 34.5 Å². The number of hydrogen-bond donors (Lipinski definition) is 3. The molecule has 1 saturated carbocycles. The zero-order chi connectivity index (χ0) is 28.6. The molecule has 4 bridgehead atoms. The van der Waals surface area contributed by atoms with Crippen molar-refractivity contribution in [3.8, 4) is 0 Å². The Morgan fingerprint density at radius 3 is 1.38 bits per heavy atom. The summed E-state index contributed by atoms with van der Waals surface area (Å²) in [6.07, 6.45) is 9.39. The van der Waals surface area contributed by atoms with Crippen LogP contribution in [-0.2, 0) is 19.2 Å². The Morgan fingerprint density at radius 1 is 0.625 bits per heavy atom. The molecule has 0 spiro atoms. The van der Waals surface area contributed by atoms with Crippen LogP contribution in [0.25, 0.3) is 0 Å². The van der Waals surface area contributed by atoms with Crippen molar-refractivity contribution in [2.24, 2.45) is 5.92 Å². The molecule has 0 aromatic carbocycles. The molecule has 11 heteroatoms. The fourth-order valence-electron chi connectivity index (χ4n) is 8.79. The molecule has 4 aliphatic heterocycles. The first-order valence-corrected chi connectivity index (χ1v) is 15.3. The molecule has 0 aromatic heterocycles. The van der Waals surface area contributed by atoms with Gasteiger partial charge in [-0.2, -0.15) is 0 Å². The maximum Gasteiger partial charge on any atom is 0.317 e. The van der Waals surface area contributed by atoms with Crippen LogP contribution >= 0.6 is 0 Å². The number of fused-ring (bicyclic) bond motifs is 4. The van der Waals surface area contributed by atoms with Crippen molar-refractivity contribution in [3.05, 3.63) is 0 Å². The summed E-state index contributed by atoms with van der Waals surface area (Å²) in [4.78, 5) is 58.5. The van der Waals surface area contributed by atoms with Crippen LogP contribution in [0.15, 0.2) is 0 Å². The van der Waals surface area contributed by atoms with Crippen molar-refractivity contribution in [1.29, 1.82) is 0 Å². The highest BCUT2D eigenvalue weighted by Crippen LogP contribution is 2.39. The molecule has 5 rings (SSSR count). The number of carboxylic acid groups (broad SMARTS) is 2. The van der Waals surface area contributed by atoms with Gasteiger partial charge in [0.15, 0.2) is 0 Å². The molecule has 8 atom stereocenters. The van der Waals surface area contributed by atoms with Gasteiger partial charge in [0.25, 0.3) is 0 Å². The van der Waals surface area contributed by atoms with Crippen molar-refractivity contribution in [2.45, 2.75) is 126 Å². The lowest BCUT2D eigenvalue weighted by Crippen LogP contribution is -2.60. The van der Waals surface area contributed by atoms with Gasteiger partial charge in [0.05, 0.1) is 32.3 Å². The first-order valence-electron chi connectivity index (χ1n) is 15.3. The number of piperidine rings is 2. The van der Waals surface area contributed by atoms with Crippen molar-refractivity contribution in [2.75, 3.05) is 26.2 Å². The number of nitrogens with zero attached hydrogens (tertiary/aromatic N) is 4. The monoisotopic (exact) mass is 562 g/mol. The third-order valence-corrected chi connectivity index (χ3v) is 10.2. The Kier molecular flexibility index (Phi) is 9.01. The molecule has 4 unspecified atom stereocenters. The van der Waals surface area contributed by atoms with E-state index in [0.717, 1.165) is 51.4 Å². The molecule has 4 heterocycles. The molecule has 3 N–H and O–H groups in total. The molecule has 5 aliphatic rings. The van der Waals surface area contributed by atoms with Crippen molar-refractivity contribution >= 4 is 23.8 Å². The van der Waals surface area contributed by atoms with Gasteiger partial charge in [-0.1, -0.05) is 19.8 Å². The number of carboxylic acids is 2. The van der Waals surface area contributed by atoms with Crippen LogP contribution in [0.2, 0.25) is 0 Å². The third kappa shape index (κ3) is 6.31. The van der Waals surface area contributed by atoms with Gasteiger partial charge in [-0.25, -0.2) is 0 Å². The van der Waals surface area contributed by atoms with Crippen molar-refractivity contribution in [1.82, 2.24) is 19.6 Å². The molecule has 4 saturated heterocycles. The second-order valence-electron chi connectivity index (χ2n) is 13.1. The number of amides is 2. The summed E-state index contributed by atoms with van der Waals surface area (Å²) in [6.45, 7) is 1.56. The summed E-state index contributed by atoms with van der Waals surface area (Å²) in [5.41, 5.74) is 0. The van der Waals surface area contributed by atoms with Crippen LogP contribution in [0.1, 0.15) is 84.0 Å². The van der Waals surface area contributed by atoms with Gasteiger partial charge in [0, 0.05) is 36.3 Å². The predicted molar refractivity (Wildman–Crippen MR) is 145 cm³/mol. The summed E-state index contributed by atoms with van der Waals surface area (Å²) < 4.78 is 0. The van der Waals surface area contributed by atoms with Gasteiger partial charge < -0.3 is 25.1 Å². The van der Waals surface area contributed by atoms with E-state index in [-0.39, 0.29) is 74.2 Å². The van der Waals surface area contributed by atoms with E-state index in [1.54, 1.807) is 9.80 Å².